The van der Waals surface area contributed by atoms with Gasteiger partial charge in [0, 0.05) is 72.0 Å². The van der Waals surface area contributed by atoms with Crippen molar-refractivity contribution < 1.29 is 13.2 Å². The summed E-state index contributed by atoms with van der Waals surface area (Å²) in [7, 11) is -0.605. The zero-order valence-corrected chi connectivity index (χ0v) is 18.1. The van der Waals surface area contributed by atoms with Crippen molar-refractivity contribution in [2.24, 2.45) is 0 Å². The maximum Gasteiger partial charge on any atom is 0.256 e. The van der Waals surface area contributed by atoms with E-state index < -0.39 is 10.0 Å². The summed E-state index contributed by atoms with van der Waals surface area (Å²) in [6.07, 6.45) is 8.22. The quantitative estimate of drug-likeness (QED) is 0.652. The number of nitrogens with zero attached hydrogens (tertiary/aromatic N) is 4. The van der Waals surface area contributed by atoms with Crippen LogP contribution in [0.5, 0.6) is 0 Å². The number of terminal acetylenes is 1. The summed E-state index contributed by atoms with van der Waals surface area (Å²) >= 11 is 0. The maximum atomic E-state index is 13.4. The molecule has 3 rings (SSSR count). The molecule has 7 nitrogen and oxygen atoms in total. The fraction of sp³-hybridized carbons (Fsp3) is 0.571. The van der Waals surface area contributed by atoms with E-state index in [0.29, 0.717) is 25.1 Å². The van der Waals surface area contributed by atoms with Gasteiger partial charge in [-0.05, 0) is 31.0 Å². The van der Waals surface area contributed by atoms with Crippen LogP contribution in [0.15, 0.2) is 23.1 Å². The molecule has 0 N–H and O–H groups in total. The standard InChI is InChI=1S/C21H30N4O3S/c1-4-5-10-23-13-15-25(16-14-23)21(26)19-17-18(29(27,28)22(2)3)8-9-20(19)24-11-6-7-12-24/h1,8-9,17H,5-7,10-16H2,2-3H3. The molecule has 2 heterocycles. The molecule has 29 heavy (non-hydrogen) atoms. The highest BCUT2D eigenvalue weighted by Gasteiger charge is 2.28. The number of benzene rings is 1. The largest absolute Gasteiger partial charge is 0.371 e. The topological polar surface area (TPSA) is 64.2 Å². The minimum Gasteiger partial charge on any atom is -0.371 e. The summed E-state index contributed by atoms with van der Waals surface area (Å²) in [5.74, 6) is 2.56. The molecule has 0 spiro atoms. The number of amides is 1. The molecule has 158 valence electrons. The normalized spacial score (nSPS) is 18.3. The Morgan fingerprint density at radius 3 is 2.34 bits per heavy atom. The van der Waals surface area contributed by atoms with E-state index in [1.54, 1.807) is 18.2 Å². The molecule has 1 amide bonds. The van der Waals surface area contributed by atoms with E-state index in [1.807, 2.05) is 4.90 Å². The number of piperazine rings is 1. The van der Waals surface area contributed by atoms with Crippen molar-refractivity contribution in [1.29, 1.82) is 0 Å². The highest BCUT2D eigenvalue weighted by Crippen LogP contribution is 2.29. The number of hydrogen-bond acceptors (Lipinski definition) is 5. The molecule has 0 radical (unpaired) electrons. The minimum absolute atomic E-state index is 0.0979. The lowest BCUT2D eigenvalue weighted by molar-refractivity contribution is 0.0640. The van der Waals surface area contributed by atoms with Gasteiger partial charge in [-0.3, -0.25) is 9.69 Å². The third-order valence-electron chi connectivity index (χ3n) is 5.66. The second-order valence-electron chi connectivity index (χ2n) is 7.75. The zero-order valence-electron chi connectivity index (χ0n) is 17.3. The highest BCUT2D eigenvalue weighted by atomic mass is 32.2. The van der Waals surface area contributed by atoms with Gasteiger partial charge in [-0.15, -0.1) is 12.3 Å². The zero-order chi connectivity index (χ0) is 21.0. The Kier molecular flexibility index (Phi) is 6.83. The number of carbonyl (C=O) groups is 1. The summed E-state index contributed by atoms with van der Waals surface area (Å²) < 4.78 is 26.4. The van der Waals surface area contributed by atoms with Gasteiger partial charge in [0.1, 0.15) is 0 Å². The molecule has 0 aromatic heterocycles. The van der Waals surface area contributed by atoms with Gasteiger partial charge in [0.25, 0.3) is 5.91 Å². The molecular formula is C21H30N4O3S. The van der Waals surface area contributed by atoms with Gasteiger partial charge < -0.3 is 9.80 Å². The van der Waals surface area contributed by atoms with Crippen LogP contribution in [0.1, 0.15) is 29.6 Å². The van der Waals surface area contributed by atoms with E-state index in [4.69, 9.17) is 6.42 Å². The Labute approximate surface area is 174 Å². The van der Waals surface area contributed by atoms with Crippen LogP contribution in [0.25, 0.3) is 0 Å². The molecule has 2 saturated heterocycles. The van der Waals surface area contributed by atoms with Gasteiger partial charge in [0.05, 0.1) is 10.5 Å². The van der Waals surface area contributed by atoms with Gasteiger partial charge in [0.2, 0.25) is 10.0 Å². The molecule has 2 aliphatic rings. The third-order valence-corrected chi connectivity index (χ3v) is 7.47. The molecule has 0 aliphatic carbocycles. The van der Waals surface area contributed by atoms with Crippen molar-refractivity contribution in [3.05, 3.63) is 23.8 Å². The van der Waals surface area contributed by atoms with Crippen LogP contribution in [0, 0.1) is 12.3 Å². The van der Waals surface area contributed by atoms with Gasteiger partial charge in [-0.1, -0.05) is 0 Å². The summed E-state index contributed by atoms with van der Waals surface area (Å²) in [5.41, 5.74) is 1.31. The van der Waals surface area contributed by atoms with E-state index in [-0.39, 0.29) is 10.8 Å². The number of rotatable bonds is 6. The van der Waals surface area contributed by atoms with Gasteiger partial charge in [-0.25, -0.2) is 12.7 Å². The fourth-order valence-electron chi connectivity index (χ4n) is 3.86. The molecular weight excluding hydrogens is 388 g/mol. The Morgan fingerprint density at radius 2 is 1.76 bits per heavy atom. The molecule has 8 heteroatoms. The first-order valence-corrected chi connectivity index (χ1v) is 11.5. The molecule has 1 aromatic rings. The summed E-state index contributed by atoms with van der Waals surface area (Å²) in [6.45, 7) is 5.42. The Hall–Kier alpha value is -2.08. The average Bonchev–Trinajstić information content (AvgIpc) is 3.26. The second kappa shape index (κ2) is 9.16. The Morgan fingerprint density at radius 1 is 1.10 bits per heavy atom. The van der Waals surface area contributed by atoms with Crippen LogP contribution >= 0.6 is 0 Å². The lowest BCUT2D eigenvalue weighted by Crippen LogP contribution is -2.49. The number of anilines is 1. The summed E-state index contributed by atoms with van der Waals surface area (Å²) in [5, 5.41) is 0. The minimum atomic E-state index is -3.61. The van der Waals surface area contributed by atoms with Crippen molar-refractivity contribution in [1.82, 2.24) is 14.1 Å². The van der Waals surface area contributed by atoms with Crippen molar-refractivity contribution >= 4 is 21.6 Å². The third kappa shape index (κ3) is 4.74. The van der Waals surface area contributed by atoms with Gasteiger partial charge in [-0.2, -0.15) is 0 Å². The van der Waals surface area contributed by atoms with Crippen LogP contribution in [-0.4, -0.2) is 88.3 Å². The highest BCUT2D eigenvalue weighted by molar-refractivity contribution is 7.89. The van der Waals surface area contributed by atoms with Gasteiger partial charge in [0.15, 0.2) is 0 Å². The van der Waals surface area contributed by atoms with Crippen molar-refractivity contribution in [2.45, 2.75) is 24.2 Å². The molecule has 0 saturated carbocycles. The fourth-order valence-corrected chi connectivity index (χ4v) is 4.79. The average molecular weight is 419 g/mol. The Bertz CT molecular complexity index is 878. The smallest absolute Gasteiger partial charge is 0.256 e. The van der Waals surface area contributed by atoms with Crippen LogP contribution in [0.3, 0.4) is 0 Å². The first-order valence-electron chi connectivity index (χ1n) is 10.1. The van der Waals surface area contributed by atoms with E-state index >= 15 is 0 Å². The monoisotopic (exact) mass is 418 g/mol. The lowest BCUT2D eigenvalue weighted by atomic mass is 10.1. The molecule has 2 fully saturated rings. The molecule has 1 aromatic carbocycles. The van der Waals surface area contributed by atoms with Crippen LogP contribution in [-0.2, 0) is 10.0 Å². The lowest BCUT2D eigenvalue weighted by Gasteiger charge is -2.35. The van der Waals surface area contributed by atoms with E-state index in [2.05, 4.69) is 15.7 Å². The molecule has 0 bridgehead atoms. The number of hydrogen-bond donors (Lipinski definition) is 0. The maximum absolute atomic E-state index is 13.4. The second-order valence-corrected chi connectivity index (χ2v) is 9.90. The van der Waals surface area contributed by atoms with E-state index in [9.17, 15) is 13.2 Å². The van der Waals surface area contributed by atoms with Crippen LogP contribution in [0.2, 0.25) is 0 Å². The predicted octanol–water partition coefficient (Wildman–Crippen LogP) is 1.32. The van der Waals surface area contributed by atoms with E-state index in [0.717, 1.165) is 51.3 Å². The number of sulfonamides is 1. The van der Waals surface area contributed by atoms with Crippen molar-refractivity contribution in [3.63, 3.8) is 0 Å². The molecule has 0 unspecified atom stereocenters. The predicted molar refractivity (Wildman–Crippen MR) is 115 cm³/mol. The van der Waals surface area contributed by atoms with Crippen molar-refractivity contribution in [2.75, 3.05) is 64.8 Å². The SMILES string of the molecule is C#CCCN1CCN(C(=O)c2cc(S(=O)(=O)N(C)C)ccc2N2CCCC2)CC1. The van der Waals surface area contributed by atoms with Gasteiger partial charge >= 0.3 is 0 Å². The first-order chi connectivity index (χ1) is 13.8. The van der Waals surface area contributed by atoms with E-state index in [1.165, 1.54) is 18.4 Å². The summed E-state index contributed by atoms with van der Waals surface area (Å²) in [6, 6.07) is 4.95. The Balaban J connectivity index is 1.87. The van der Waals surface area contributed by atoms with Crippen molar-refractivity contribution in [3.8, 4) is 12.3 Å². The van der Waals surface area contributed by atoms with Crippen LogP contribution < -0.4 is 4.90 Å². The van der Waals surface area contributed by atoms with Crippen LogP contribution in [0.4, 0.5) is 5.69 Å². The molecule has 2 aliphatic heterocycles. The first kappa shape index (κ1) is 21.6. The summed E-state index contributed by atoms with van der Waals surface area (Å²) in [4.78, 5) is 19.8. The number of carbonyl (C=O) groups excluding carboxylic acids is 1. The molecule has 0 atom stereocenters.